The van der Waals surface area contributed by atoms with E-state index < -0.39 is 0 Å². The van der Waals surface area contributed by atoms with Gasteiger partial charge in [0.1, 0.15) is 5.75 Å². The van der Waals surface area contributed by atoms with Gasteiger partial charge in [-0.2, -0.15) is 0 Å². The van der Waals surface area contributed by atoms with Gasteiger partial charge in [-0.1, -0.05) is 24.3 Å². The molecule has 4 nitrogen and oxygen atoms in total. The summed E-state index contributed by atoms with van der Waals surface area (Å²) in [4.78, 5) is 10.1. The average molecular weight is 282 g/mol. The summed E-state index contributed by atoms with van der Waals surface area (Å²) in [5.74, 6) is 0.0347. The zero-order valence-electron chi connectivity index (χ0n) is 9.61. The van der Waals surface area contributed by atoms with Gasteiger partial charge in [-0.25, -0.2) is 0 Å². The van der Waals surface area contributed by atoms with Crippen LogP contribution in [0, 0.1) is 0 Å². The van der Waals surface area contributed by atoms with E-state index in [1.54, 1.807) is 30.3 Å². The number of aldehydes is 1. The summed E-state index contributed by atoms with van der Waals surface area (Å²) < 4.78 is 0. The number of para-hydroxylation sites is 3. The number of hydrogen-bond donors (Lipinski definition) is 3. The molecule has 0 aliphatic rings. The molecule has 5 heteroatoms. The maximum Gasteiger partial charge on any atom is 0.153 e. The van der Waals surface area contributed by atoms with E-state index in [1.807, 2.05) is 12.1 Å². The first kappa shape index (κ1) is 16.0. The Balaban J connectivity index is 0.000000306. The summed E-state index contributed by atoms with van der Waals surface area (Å²) in [6, 6.07) is 13.7. The third-order valence-corrected chi connectivity index (χ3v) is 2.06. The summed E-state index contributed by atoms with van der Waals surface area (Å²) in [7, 11) is 0. The zero-order valence-corrected chi connectivity index (χ0v) is 10.9. The molecule has 0 saturated heterocycles. The smallest absolute Gasteiger partial charge is 0.153 e. The normalized spacial score (nSPS) is 8.44. The molecular formula is C13H14CrN2O2. The minimum atomic E-state index is 0. The van der Waals surface area contributed by atoms with Crippen molar-refractivity contribution in [3.8, 4) is 5.75 Å². The number of nitrogens with two attached hydrogens (primary N) is 2. The average Bonchev–Trinajstić information content (AvgIpc) is 2.34. The number of rotatable bonds is 1. The molecule has 0 radical (unpaired) electrons. The first-order chi connectivity index (χ1) is 8.15. The summed E-state index contributed by atoms with van der Waals surface area (Å²) in [6.07, 6.45) is 0.620. The van der Waals surface area contributed by atoms with E-state index in [0.717, 1.165) is 0 Å². The number of nitrogen functional groups attached to an aromatic ring is 2. The topological polar surface area (TPSA) is 89.3 Å². The van der Waals surface area contributed by atoms with Gasteiger partial charge < -0.3 is 16.6 Å². The molecule has 0 bridgehead atoms. The maximum atomic E-state index is 10.1. The van der Waals surface area contributed by atoms with Gasteiger partial charge in [-0.05, 0) is 24.3 Å². The van der Waals surface area contributed by atoms with Crippen LogP contribution in [0.1, 0.15) is 10.4 Å². The Hall–Kier alpha value is -1.96. The molecule has 0 aliphatic carbocycles. The van der Waals surface area contributed by atoms with Crippen LogP contribution in [0.5, 0.6) is 5.75 Å². The molecule has 0 heterocycles. The second-order valence-corrected chi connectivity index (χ2v) is 3.31. The Labute approximate surface area is 116 Å². The van der Waals surface area contributed by atoms with E-state index in [2.05, 4.69) is 0 Å². The van der Waals surface area contributed by atoms with Crippen LogP contribution in [0.15, 0.2) is 48.5 Å². The van der Waals surface area contributed by atoms with Gasteiger partial charge in [-0.3, -0.25) is 4.79 Å². The van der Waals surface area contributed by atoms with E-state index in [9.17, 15) is 4.79 Å². The molecule has 5 N–H and O–H groups in total. The van der Waals surface area contributed by atoms with Crippen LogP contribution in [0.2, 0.25) is 0 Å². The number of aromatic hydroxyl groups is 1. The SMILES string of the molecule is Nc1ccccc1N.O=Cc1ccccc1O.[Cr]. The molecule has 0 aromatic heterocycles. The van der Waals surface area contributed by atoms with Crippen molar-refractivity contribution in [2.24, 2.45) is 0 Å². The summed E-state index contributed by atoms with van der Waals surface area (Å²) >= 11 is 0. The molecule has 0 unspecified atom stereocenters. The largest absolute Gasteiger partial charge is 0.507 e. The maximum absolute atomic E-state index is 10.1. The minimum Gasteiger partial charge on any atom is -0.507 e. The Kier molecular flexibility index (Phi) is 7.29. The molecule has 0 fully saturated rings. The molecule has 0 spiro atoms. The Morgan fingerprint density at radius 1 is 0.889 bits per heavy atom. The predicted octanol–water partition coefficient (Wildman–Crippen LogP) is 2.05. The second kappa shape index (κ2) is 8.18. The summed E-state index contributed by atoms with van der Waals surface area (Å²) in [6.45, 7) is 0. The van der Waals surface area contributed by atoms with Crippen LogP contribution < -0.4 is 11.5 Å². The molecule has 2 rings (SSSR count). The first-order valence-corrected chi connectivity index (χ1v) is 4.98. The Morgan fingerprint density at radius 2 is 1.33 bits per heavy atom. The fourth-order valence-electron chi connectivity index (χ4n) is 1.10. The van der Waals surface area contributed by atoms with Gasteiger partial charge in [0.15, 0.2) is 6.29 Å². The molecule has 2 aromatic carbocycles. The monoisotopic (exact) mass is 282 g/mol. The van der Waals surface area contributed by atoms with E-state index in [-0.39, 0.29) is 23.1 Å². The molecule has 0 amide bonds. The van der Waals surface area contributed by atoms with Gasteiger partial charge in [0.2, 0.25) is 0 Å². The second-order valence-electron chi connectivity index (χ2n) is 3.31. The van der Waals surface area contributed by atoms with Gasteiger partial charge in [-0.15, -0.1) is 0 Å². The van der Waals surface area contributed by atoms with Crippen LogP contribution >= 0.6 is 0 Å². The van der Waals surface area contributed by atoms with Crippen molar-refractivity contribution in [1.29, 1.82) is 0 Å². The molecule has 94 valence electrons. The molecule has 0 aliphatic heterocycles. The van der Waals surface area contributed by atoms with Crippen LogP contribution in [0.4, 0.5) is 11.4 Å². The Bertz CT molecular complexity index is 483. The van der Waals surface area contributed by atoms with Crippen molar-refractivity contribution in [2.75, 3.05) is 11.5 Å². The van der Waals surface area contributed by atoms with Crippen LogP contribution in [-0.4, -0.2) is 11.4 Å². The Morgan fingerprint density at radius 3 is 1.67 bits per heavy atom. The summed E-state index contributed by atoms with van der Waals surface area (Å²) in [5, 5.41) is 8.88. The number of anilines is 2. The van der Waals surface area contributed by atoms with E-state index in [4.69, 9.17) is 16.6 Å². The molecule has 0 saturated carbocycles. The van der Waals surface area contributed by atoms with E-state index in [0.29, 0.717) is 23.2 Å². The van der Waals surface area contributed by atoms with Crippen molar-refractivity contribution in [3.05, 3.63) is 54.1 Å². The van der Waals surface area contributed by atoms with Crippen molar-refractivity contribution in [3.63, 3.8) is 0 Å². The number of carbonyl (C=O) groups excluding carboxylic acids is 1. The van der Waals surface area contributed by atoms with Crippen molar-refractivity contribution >= 4 is 17.7 Å². The third kappa shape index (κ3) is 4.92. The van der Waals surface area contributed by atoms with Crippen molar-refractivity contribution < 1.29 is 27.3 Å². The number of phenolic OH excluding ortho intramolecular Hbond substituents is 1. The minimum absolute atomic E-state index is 0. The van der Waals surface area contributed by atoms with Crippen LogP contribution in [0.25, 0.3) is 0 Å². The summed E-state index contributed by atoms with van der Waals surface area (Å²) in [5.41, 5.74) is 12.4. The van der Waals surface area contributed by atoms with Crippen molar-refractivity contribution in [2.45, 2.75) is 0 Å². The molecular weight excluding hydrogens is 268 g/mol. The molecule has 2 aromatic rings. The van der Waals surface area contributed by atoms with Gasteiger partial charge in [0.05, 0.1) is 16.9 Å². The molecule has 0 atom stereocenters. The van der Waals surface area contributed by atoms with Crippen LogP contribution in [-0.2, 0) is 17.4 Å². The van der Waals surface area contributed by atoms with Gasteiger partial charge in [0.25, 0.3) is 0 Å². The van der Waals surface area contributed by atoms with Gasteiger partial charge in [0, 0.05) is 17.4 Å². The first-order valence-electron chi connectivity index (χ1n) is 4.98. The number of hydrogen-bond acceptors (Lipinski definition) is 4. The standard InChI is InChI=1S/C7H6O2.C6H8N2.Cr/c8-5-6-3-1-2-4-7(6)9;7-5-3-1-2-4-6(5)8;/h1-5,9H;1-4H,7-8H2;. The number of benzene rings is 2. The van der Waals surface area contributed by atoms with E-state index in [1.165, 1.54) is 6.07 Å². The number of carbonyl (C=O) groups is 1. The number of phenols is 1. The quantitative estimate of drug-likeness (QED) is 0.551. The third-order valence-electron chi connectivity index (χ3n) is 2.06. The van der Waals surface area contributed by atoms with E-state index >= 15 is 0 Å². The van der Waals surface area contributed by atoms with Crippen molar-refractivity contribution in [1.82, 2.24) is 0 Å². The fraction of sp³-hybridized carbons (Fsp3) is 0. The van der Waals surface area contributed by atoms with Gasteiger partial charge >= 0.3 is 0 Å². The zero-order chi connectivity index (χ0) is 12.7. The predicted molar refractivity (Wildman–Crippen MR) is 68.8 cm³/mol. The van der Waals surface area contributed by atoms with Crippen LogP contribution in [0.3, 0.4) is 0 Å². The fourth-order valence-corrected chi connectivity index (χ4v) is 1.10. The molecule has 18 heavy (non-hydrogen) atoms.